The first kappa shape index (κ1) is 12.3. The van der Waals surface area contributed by atoms with Crippen LogP contribution in [0.5, 0.6) is 0 Å². The van der Waals surface area contributed by atoms with Crippen molar-refractivity contribution in [3.8, 4) is 0 Å². The minimum absolute atomic E-state index is 0.199. The van der Waals surface area contributed by atoms with Crippen molar-refractivity contribution >= 4 is 0 Å². The molecule has 1 heterocycles. The first-order valence-electron chi connectivity index (χ1n) is 6.77. The average molecular weight is 225 g/mol. The van der Waals surface area contributed by atoms with Crippen LogP contribution >= 0.6 is 0 Å². The highest BCUT2D eigenvalue weighted by Gasteiger charge is 2.33. The molecule has 1 aliphatic carbocycles. The summed E-state index contributed by atoms with van der Waals surface area (Å²) in [4.78, 5) is 4.98. The van der Waals surface area contributed by atoms with E-state index in [9.17, 15) is 0 Å². The Morgan fingerprint density at radius 3 is 2.62 bits per heavy atom. The van der Waals surface area contributed by atoms with E-state index in [0.717, 1.165) is 6.04 Å². The van der Waals surface area contributed by atoms with Gasteiger partial charge in [0, 0.05) is 18.1 Å². The molecule has 0 aromatic carbocycles. The van der Waals surface area contributed by atoms with Crippen molar-refractivity contribution in [3.63, 3.8) is 0 Å². The van der Waals surface area contributed by atoms with Gasteiger partial charge in [0.15, 0.2) is 0 Å². The summed E-state index contributed by atoms with van der Waals surface area (Å²) in [5.74, 6) is 0. The van der Waals surface area contributed by atoms with E-state index in [1.54, 1.807) is 0 Å². The molecule has 0 aromatic heterocycles. The lowest BCUT2D eigenvalue weighted by molar-refractivity contribution is 0.113. The monoisotopic (exact) mass is 225 g/mol. The molecule has 2 fully saturated rings. The van der Waals surface area contributed by atoms with E-state index in [4.69, 9.17) is 5.73 Å². The molecule has 1 unspecified atom stereocenters. The minimum Gasteiger partial charge on any atom is -0.325 e. The number of nitrogens with zero attached hydrogens (tertiary/aromatic N) is 2. The molecule has 1 aliphatic heterocycles. The van der Waals surface area contributed by atoms with E-state index in [1.807, 2.05) is 0 Å². The third kappa shape index (κ3) is 2.96. The zero-order valence-electron chi connectivity index (χ0n) is 10.9. The standard InChI is InChI=1S/C13H27N3/c1-15(2)12-5-3-9-16(11-12)10-8-13(14)6-4-7-13/h12H,3-11,14H2,1-2H3. The molecule has 0 radical (unpaired) electrons. The van der Waals surface area contributed by atoms with Gasteiger partial charge in [0.2, 0.25) is 0 Å². The fourth-order valence-electron chi connectivity index (χ4n) is 2.92. The van der Waals surface area contributed by atoms with Gasteiger partial charge in [-0.15, -0.1) is 0 Å². The lowest BCUT2D eigenvalue weighted by Crippen LogP contribution is -2.51. The Balaban J connectivity index is 1.72. The zero-order valence-corrected chi connectivity index (χ0v) is 10.9. The van der Waals surface area contributed by atoms with Crippen molar-refractivity contribution in [3.05, 3.63) is 0 Å². The molecule has 0 bridgehead atoms. The summed E-state index contributed by atoms with van der Waals surface area (Å²) in [5.41, 5.74) is 6.48. The summed E-state index contributed by atoms with van der Waals surface area (Å²) in [5, 5.41) is 0. The molecule has 94 valence electrons. The van der Waals surface area contributed by atoms with Crippen molar-refractivity contribution in [2.75, 3.05) is 33.7 Å². The number of likely N-dealkylation sites (tertiary alicyclic amines) is 1. The number of rotatable bonds is 4. The maximum Gasteiger partial charge on any atom is 0.0217 e. The molecule has 2 aliphatic rings. The molecule has 0 spiro atoms. The van der Waals surface area contributed by atoms with Crippen molar-refractivity contribution in [2.24, 2.45) is 5.73 Å². The summed E-state index contributed by atoms with van der Waals surface area (Å²) < 4.78 is 0. The summed E-state index contributed by atoms with van der Waals surface area (Å²) >= 11 is 0. The number of hydrogen-bond acceptors (Lipinski definition) is 3. The van der Waals surface area contributed by atoms with Crippen LogP contribution in [0.15, 0.2) is 0 Å². The molecular weight excluding hydrogens is 198 g/mol. The minimum atomic E-state index is 0.199. The van der Waals surface area contributed by atoms with Gasteiger partial charge in [-0.25, -0.2) is 0 Å². The Hall–Kier alpha value is -0.120. The van der Waals surface area contributed by atoms with E-state index in [1.165, 1.54) is 58.2 Å². The van der Waals surface area contributed by atoms with Gasteiger partial charge in [-0.2, -0.15) is 0 Å². The smallest absolute Gasteiger partial charge is 0.0217 e. The molecule has 0 amide bonds. The second-order valence-corrected chi connectivity index (χ2v) is 6.03. The quantitative estimate of drug-likeness (QED) is 0.782. The second kappa shape index (κ2) is 5.03. The molecular formula is C13H27N3. The first-order chi connectivity index (χ1) is 7.59. The van der Waals surface area contributed by atoms with E-state index in [2.05, 4.69) is 23.9 Å². The molecule has 1 saturated heterocycles. The van der Waals surface area contributed by atoms with Crippen molar-refractivity contribution in [1.82, 2.24) is 9.80 Å². The summed E-state index contributed by atoms with van der Waals surface area (Å²) in [7, 11) is 4.40. The van der Waals surface area contributed by atoms with Gasteiger partial charge < -0.3 is 15.5 Å². The van der Waals surface area contributed by atoms with E-state index in [0.29, 0.717) is 0 Å². The highest BCUT2D eigenvalue weighted by molar-refractivity contribution is 4.93. The van der Waals surface area contributed by atoms with Crippen molar-refractivity contribution in [1.29, 1.82) is 0 Å². The fourth-order valence-corrected chi connectivity index (χ4v) is 2.92. The van der Waals surface area contributed by atoms with Crippen LogP contribution in [-0.4, -0.2) is 55.1 Å². The molecule has 2 rings (SSSR count). The van der Waals surface area contributed by atoms with Crippen LogP contribution in [0.2, 0.25) is 0 Å². The van der Waals surface area contributed by atoms with Crippen LogP contribution in [0.4, 0.5) is 0 Å². The molecule has 3 nitrogen and oxygen atoms in total. The average Bonchev–Trinajstić information content (AvgIpc) is 2.24. The number of hydrogen-bond donors (Lipinski definition) is 1. The lowest BCUT2D eigenvalue weighted by Gasteiger charge is -2.42. The van der Waals surface area contributed by atoms with Gasteiger partial charge in [0.1, 0.15) is 0 Å². The van der Waals surface area contributed by atoms with Crippen molar-refractivity contribution in [2.45, 2.75) is 50.1 Å². The Labute approximate surface area is 100.0 Å². The molecule has 2 N–H and O–H groups in total. The number of piperidine rings is 1. The maximum absolute atomic E-state index is 6.28. The molecule has 0 aromatic rings. The van der Waals surface area contributed by atoms with Crippen LogP contribution in [0.25, 0.3) is 0 Å². The predicted octanol–water partition coefficient (Wildman–Crippen LogP) is 1.28. The Bertz CT molecular complexity index is 223. The SMILES string of the molecule is CN(C)C1CCCN(CCC2(N)CCC2)C1. The van der Waals surface area contributed by atoms with Gasteiger partial charge in [0.25, 0.3) is 0 Å². The molecule has 1 saturated carbocycles. The lowest BCUT2D eigenvalue weighted by atomic mass is 9.75. The highest BCUT2D eigenvalue weighted by Crippen LogP contribution is 2.32. The van der Waals surface area contributed by atoms with Crippen LogP contribution in [0.1, 0.15) is 38.5 Å². The van der Waals surface area contributed by atoms with Crippen LogP contribution in [0, 0.1) is 0 Å². The third-order valence-electron chi connectivity index (χ3n) is 4.49. The third-order valence-corrected chi connectivity index (χ3v) is 4.49. The molecule has 16 heavy (non-hydrogen) atoms. The predicted molar refractivity (Wildman–Crippen MR) is 68.5 cm³/mol. The summed E-state index contributed by atoms with van der Waals surface area (Å²) in [6, 6.07) is 0.754. The number of nitrogens with two attached hydrogens (primary N) is 1. The topological polar surface area (TPSA) is 32.5 Å². The van der Waals surface area contributed by atoms with Crippen LogP contribution < -0.4 is 5.73 Å². The maximum atomic E-state index is 6.28. The van der Waals surface area contributed by atoms with E-state index >= 15 is 0 Å². The van der Waals surface area contributed by atoms with Gasteiger partial charge >= 0.3 is 0 Å². The Morgan fingerprint density at radius 2 is 2.06 bits per heavy atom. The van der Waals surface area contributed by atoms with Gasteiger partial charge in [-0.1, -0.05) is 0 Å². The van der Waals surface area contributed by atoms with E-state index in [-0.39, 0.29) is 5.54 Å². The van der Waals surface area contributed by atoms with E-state index < -0.39 is 0 Å². The van der Waals surface area contributed by atoms with Crippen LogP contribution in [0.3, 0.4) is 0 Å². The molecule has 1 atom stereocenters. The van der Waals surface area contributed by atoms with Gasteiger partial charge in [-0.05, 0) is 65.7 Å². The highest BCUT2D eigenvalue weighted by atomic mass is 15.2. The van der Waals surface area contributed by atoms with Gasteiger partial charge in [0.05, 0.1) is 0 Å². The van der Waals surface area contributed by atoms with Crippen LogP contribution in [-0.2, 0) is 0 Å². The Kier molecular flexibility index (Phi) is 3.88. The second-order valence-electron chi connectivity index (χ2n) is 6.03. The first-order valence-corrected chi connectivity index (χ1v) is 6.77. The Morgan fingerprint density at radius 1 is 1.31 bits per heavy atom. The van der Waals surface area contributed by atoms with Crippen molar-refractivity contribution < 1.29 is 0 Å². The zero-order chi connectivity index (χ0) is 11.6. The molecule has 3 heteroatoms. The summed E-state index contributed by atoms with van der Waals surface area (Å²) in [6.45, 7) is 3.73. The summed E-state index contributed by atoms with van der Waals surface area (Å²) in [6.07, 6.45) is 7.75. The normalized spacial score (nSPS) is 30.4. The largest absolute Gasteiger partial charge is 0.325 e. The fraction of sp³-hybridized carbons (Fsp3) is 1.00. The number of likely N-dealkylation sites (N-methyl/N-ethyl adjacent to an activating group) is 1. The van der Waals surface area contributed by atoms with Gasteiger partial charge in [-0.3, -0.25) is 0 Å².